The summed E-state index contributed by atoms with van der Waals surface area (Å²) in [6.07, 6.45) is 0.433. The van der Waals surface area contributed by atoms with Gasteiger partial charge in [0.15, 0.2) is 5.13 Å². The van der Waals surface area contributed by atoms with Crippen molar-refractivity contribution in [2.75, 3.05) is 12.4 Å². The molecule has 1 amide bonds. The molecule has 1 heterocycles. The Labute approximate surface area is 169 Å². The maximum Gasteiger partial charge on any atom is 0.416 e. The number of thiazole rings is 1. The molecule has 0 saturated carbocycles. The van der Waals surface area contributed by atoms with E-state index in [0.29, 0.717) is 11.6 Å². The molecule has 4 nitrogen and oxygen atoms in total. The molecule has 1 aromatic heterocycles. The molecule has 0 radical (unpaired) electrons. The van der Waals surface area contributed by atoms with E-state index < -0.39 is 17.6 Å². The van der Waals surface area contributed by atoms with Gasteiger partial charge in [-0.25, -0.2) is 4.98 Å². The van der Waals surface area contributed by atoms with E-state index in [1.54, 1.807) is 13.3 Å². The lowest BCUT2D eigenvalue weighted by Gasteiger charge is -2.06. The van der Waals surface area contributed by atoms with Crippen LogP contribution in [0.5, 0.6) is 5.75 Å². The number of alkyl halides is 3. The Hall–Kier alpha value is -3.13. The molecule has 150 valence electrons. The van der Waals surface area contributed by atoms with Crippen LogP contribution >= 0.6 is 11.3 Å². The van der Waals surface area contributed by atoms with Crippen molar-refractivity contribution in [3.05, 3.63) is 82.4 Å². The van der Waals surface area contributed by atoms with Crippen molar-refractivity contribution in [2.24, 2.45) is 0 Å². The number of methoxy groups -OCH3 is 1. The van der Waals surface area contributed by atoms with Gasteiger partial charge in [0.1, 0.15) is 5.75 Å². The van der Waals surface area contributed by atoms with Gasteiger partial charge in [-0.2, -0.15) is 13.2 Å². The fourth-order valence-corrected chi connectivity index (χ4v) is 3.38. The van der Waals surface area contributed by atoms with Crippen molar-refractivity contribution in [1.29, 1.82) is 0 Å². The Bertz CT molecular complexity index is 1010. The van der Waals surface area contributed by atoms with Crippen molar-refractivity contribution in [2.45, 2.75) is 12.6 Å². The van der Waals surface area contributed by atoms with Gasteiger partial charge in [0.05, 0.1) is 12.7 Å². The van der Waals surface area contributed by atoms with Crippen molar-refractivity contribution in [1.82, 2.24) is 4.98 Å². The molecule has 0 fully saturated rings. The quantitative estimate of drug-likeness (QED) is 0.545. The van der Waals surface area contributed by atoms with E-state index in [1.165, 1.54) is 35.6 Å². The lowest BCUT2D eigenvalue weighted by Crippen LogP contribution is -2.07. The molecule has 8 heteroatoms. The van der Waals surface area contributed by atoms with Crippen molar-refractivity contribution >= 4 is 28.5 Å². The Kier molecular flexibility index (Phi) is 6.33. The van der Waals surface area contributed by atoms with E-state index in [0.717, 1.165) is 28.3 Å². The number of hydrogen-bond acceptors (Lipinski definition) is 4. The summed E-state index contributed by atoms with van der Waals surface area (Å²) in [5.41, 5.74) is 0.606. The number of nitrogens with one attached hydrogen (secondary N) is 1. The monoisotopic (exact) mass is 418 g/mol. The summed E-state index contributed by atoms with van der Waals surface area (Å²) in [6, 6.07) is 12.4. The van der Waals surface area contributed by atoms with Crippen LogP contribution < -0.4 is 10.1 Å². The zero-order chi connectivity index (χ0) is 20.9. The standard InChI is InChI=1S/C21H17F3N2O2S/c1-28-17-8-5-15(6-9-17)12-18-13-25-20(29-18)26-19(27)10-7-14-3-2-4-16(11-14)21(22,23)24/h2-11,13H,12H2,1H3,(H,25,26,27). The highest BCUT2D eigenvalue weighted by Crippen LogP contribution is 2.29. The fourth-order valence-electron chi connectivity index (χ4n) is 2.53. The van der Waals surface area contributed by atoms with Crippen LogP contribution in [0, 0.1) is 0 Å². The van der Waals surface area contributed by atoms with Crippen LogP contribution in [0.15, 0.2) is 60.8 Å². The first-order valence-corrected chi connectivity index (χ1v) is 9.39. The Morgan fingerprint density at radius 3 is 2.66 bits per heavy atom. The zero-order valence-corrected chi connectivity index (χ0v) is 16.2. The van der Waals surface area contributed by atoms with Crippen LogP contribution in [0.3, 0.4) is 0 Å². The second-order valence-electron chi connectivity index (χ2n) is 6.10. The second-order valence-corrected chi connectivity index (χ2v) is 7.22. The summed E-state index contributed by atoms with van der Waals surface area (Å²) >= 11 is 1.34. The van der Waals surface area contributed by atoms with E-state index in [-0.39, 0.29) is 5.56 Å². The molecule has 3 rings (SSSR count). The van der Waals surface area contributed by atoms with E-state index in [1.807, 2.05) is 24.3 Å². The number of anilines is 1. The molecule has 0 saturated heterocycles. The molecule has 29 heavy (non-hydrogen) atoms. The number of ether oxygens (including phenoxy) is 1. The Morgan fingerprint density at radius 2 is 1.97 bits per heavy atom. The van der Waals surface area contributed by atoms with E-state index in [2.05, 4.69) is 10.3 Å². The minimum absolute atomic E-state index is 0.286. The predicted molar refractivity (Wildman–Crippen MR) is 107 cm³/mol. The first kappa shape index (κ1) is 20.6. The van der Waals surface area contributed by atoms with Crippen molar-refractivity contribution in [3.8, 4) is 5.75 Å². The highest BCUT2D eigenvalue weighted by molar-refractivity contribution is 7.15. The first-order valence-electron chi connectivity index (χ1n) is 8.57. The van der Waals surface area contributed by atoms with E-state index >= 15 is 0 Å². The summed E-state index contributed by atoms with van der Waals surface area (Å²) in [5, 5.41) is 3.04. The molecule has 0 spiro atoms. The molecule has 1 N–H and O–H groups in total. The molecular formula is C21H17F3N2O2S. The van der Waals surface area contributed by atoms with Crippen LogP contribution in [0.1, 0.15) is 21.6 Å². The summed E-state index contributed by atoms with van der Waals surface area (Å²) in [7, 11) is 1.61. The van der Waals surface area contributed by atoms with E-state index in [4.69, 9.17) is 4.74 Å². The molecule has 0 aliphatic carbocycles. The van der Waals surface area contributed by atoms with Crippen LogP contribution in [0.2, 0.25) is 0 Å². The third-order valence-corrected chi connectivity index (χ3v) is 4.87. The number of carbonyl (C=O) groups excluding carboxylic acids is 1. The fraction of sp³-hybridized carbons (Fsp3) is 0.143. The van der Waals surface area contributed by atoms with Crippen LogP contribution in [0.4, 0.5) is 18.3 Å². The highest BCUT2D eigenvalue weighted by Gasteiger charge is 2.30. The molecular weight excluding hydrogens is 401 g/mol. The van der Waals surface area contributed by atoms with Gasteiger partial charge in [-0.15, -0.1) is 11.3 Å². The molecule has 0 aliphatic heterocycles. The number of amides is 1. The van der Waals surface area contributed by atoms with Crippen LogP contribution in [-0.2, 0) is 17.4 Å². The largest absolute Gasteiger partial charge is 0.497 e. The normalized spacial score (nSPS) is 11.6. The average Bonchev–Trinajstić information content (AvgIpc) is 3.13. The van der Waals surface area contributed by atoms with Gasteiger partial charge >= 0.3 is 6.18 Å². The number of halogens is 3. The second kappa shape index (κ2) is 8.91. The highest BCUT2D eigenvalue weighted by atomic mass is 32.1. The lowest BCUT2D eigenvalue weighted by atomic mass is 10.1. The topological polar surface area (TPSA) is 51.2 Å². The molecule has 0 bridgehead atoms. The number of nitrogens with zero attached hydrogens (tertiary/aromatic N) is 1. The number of hydrogen-bond donors (Lipinski definition) is 1. The molecule has 3 aromatic rings. The van der Waals surface area contributed by atoms with Gasteiger partial charge in [0.25, 0.3) is 0 Å². The molecule has 0 atom stereocenters. The Morgan fingerprint density at radius 1 is 1.21 bits per heavy atom. The zero-order valence-electron chi connectivity index (χ0n) is 15.4. The summed E-state index contributed by atoms with van der Waals surface area (Å²) in [5.74, 6) is 0.311. The van der Waals surface area contributed by atoms with Crippen LogP contribution in [-0.4, -0.2) is 18.0 Å². The van der Waals surface area contributed by atoms with Crippen LogP contribution in [0.25, 0.3) is 6.08 Å². The molecule has 0 unspecified atom stereocenters. The predicted octanol–water partition coefficient (Wildman–Crippen LogP) is 5.41. The molecule has 2 aromatic carbocycles. The SMILES string of the molecule is COc1ccc(Cc2cnc(NC(=O)C=Cc3cccc(C(F)(F)F)c3)s2)cc1. The third-order valence-electron chi connectivity index (χ3n) is 3.96. The van der Waals surface area contributed by atoms with Gasteiger partial charge in [0, 0.05) is 23.6 Å². The maximum absolute atomic E-state index is 12.7. The van der Waals surface area contributed by atoms with E-state index in [9.17, 15) is 18.0 Å². The van der Waals surface area contributed by atoms with Gasteiger partial charge in [0.2, 0.25) is 5.91 Å². The smallest absolute Gasteiger partial charge is 0.416 e. The van der Waals surface area contributed by atoms with Gasteiger partial charge in [-0.05, 0) is 41.5 Å². The number of carbonyl (C=O) groups is 1. The minimum atomic E-state index is -4.42. The lowest BCUT2D eigenvalue weighted by molar-refractivity contribution is -0.137. The first-order chi connectivity index (χ1) is 13.8. The molecule has 0 aliphatic rings. The minimum Gasteiger partial charge on any atom is -0.497 e. The average molecular weight is 418 g/mol. The summed E-state index contributed by atoms with van der Waals surface area (Å²) in [6.45, 7) is 0. The van der Waals surface area contributed by atoms with Crippen molar-refractivity contribution < 1.29 is 22.7 Å². The number of rotatable bonds is 6. The maximum atomic E-state index is 12.7. The summed E-state index contributed by atoms with van der Waals surface area (Å²) < 4.78 is 43.3. The third kappa shape index (κ3) is 5.92. The van der Waals surface area contributed by atoms with Gasteiger partial charge in [-0.1, -0.05) is 24.3 Å². The Balaban J connectivity index is 1.59. The number of aromatic nitrogens is 1. The number of benzene rings is 2. The van der Waals surface area contributed by atoms with Crippen molar-refractivity contribution in [3.63, 3.8) is 0 Å². The summed E-state index contributed by atoms with van der Waals surface area (Å²) in [4.78, 5) is 17.2. The van der Waals surface area contributed by atoms with Gasteiger partial charge < -0.3 is 4.74 Å². The van der Waals surface area contributed by atoms with Gasteiger partial charge in [-0.3, -0.25) is 10.1 Å².